The van der Waals surface area contributed by atoms with Crippen LogP contribution in [0.15, 0.2) is 0 Å². The van der Waals surface area contributed by atoms with E-state index in [1.807, 2.05) is 11.8 Å². The second-order valence-corrected chi connectivity index (χ2v) is 6.89. The van der Waals surface area contributed by atoms with Crippen molar-refractivity contribution in [3.8, 4) is 0 Å². The summed E-state index contributed by atoms with van der Waals surface area (Å²) in [6.07, 6.45) is 6.49. The maximum atomic E-state index is 5.76. The van der Waals surface area contributed by atoms with Crippen LogP contribution in [-0.2, 0) is 9.47 Å². The molecule has 0 aromatic carbocycles. The Hall–Kier alpha value is 0.270. The molecule has 0 saturated carbocycles. The molecule has 102 valence electrons. The molecule has 0 spiro atoms. The lowest BCUT2D eigenvalue weighted by Crippen LogP contribution is -2.17. The predicted octanol–water partition coefficient (Wildman–Crippen LogP) is 3.60. The van der Waals surface area contributed by atoms with Gasteiger partial charge in [-0.25, -0.2) is 0 Å². The molecule has 2 nitrogen and oxygen atoms in total. The SMILES string of the molecule is CSC(C)CC(CCC(C)C)COCC1CO1. The van der Waals surface area contributed by atoms with Crippen LogP contribution in [0.4, 0.5) is 0 Å². The molecule has 0 aromatic rings. The summed E-state index contributed by atoms with van der Waals surface area (Å²) in [5.74, 6) is 1.52. The highest BCUT2D eigenvalue weighted by atomic mass is 32.2. The van der Waals surface area contributed by atoms with E-state index in [1.54, 1.807) is 0 Å². The Balaban J connectivity index is 2.17. The van der Waals surface area contributed by atoms with Crippen LogP contribution < -0.4 is 0 Å². The fourth-order valence-electron chi connectivity index (χ4n) is 1.93. The third-order valence-corrected chi connectivity index (χ3v) is 4.28. The highest BCUT2D eigenvalue weighted by molar-refractivity contribution is 7.99. The fourth-order valence-corrected chi connectivity index (χ4v) is 2.40. The van der Waals surface area contributed by atoms with Crippen LogP contribution in [0.1, 0.15) is 40.0 Å². The Morgan fingerprint density at radius 2 is 2.00 bits per heavy atom. The van der Waals surface area contributed by atoms with Gasteiger partial charge in [0.15, 0.2) is 0 Å². The molecule has 0 radical (unpaired) electrons. The fraction of sp³-hybridized carbons (Fsp3) is 1.00. The molecule has 1 rings (SSSR count). The lowest BCUT2D eigenvalue weighted by molar-refractivity contribution is 0.0790. The maximum Gasteiger partial charge on any atom is 0.104 e. The van der Waals surface area contributed by atoms with Crippen LogP contribution in [0.3, 0.4) is 0 Å². The average Bonchev–Trinajstić information content (AvgIpc) is 3.09. The van der Waals surface area contributed by atoms with Gasteiger partial charge in [-0.05, 0) is 30.9 Å². The van der Waals surface area contributed by atoms with Crippen LogP contribution >= 0.6 is 11.8 Å². The monoisotopic (exact) mass is 260 g/mol. The average molecular weight is 260 g/mol. The number of epoxide rings is 1. The van der Waals surface area contributed by atoms with Crippen molar-refractivity contribution in [3.63, 3.8) is 0 Å². The lowest BCUT2D eigenvalue weighted by atomic mass is 9.94. The van der Waals surface area contributed by atoms with Crippen molar-refractivity contribution in [1.29, 1.82) is 0 Å². The van der Waals surface area contributed by atoms with E-state index in [4.69, 9.17) is 9.47 Å². The van der Waals surface area contributed by atoms with E-state index < -0.39 is 0 Å². The molecule has 0 aromatic heterocycles. The first-order valence-corrected chi connectivity index (χ1v) is 8.12. The summed E-state index contributed by atoms with van der Waals surface area (Å²) < 4.78 is 10.9. The van der Waals surface area contributed by atoms with Gasteiger partial charge < -0.3 is 9.47 Å². The molecule has 3 atom stereocenters. The minimum absolute atomic E-state index is 0.402. The van der Waals surface area contributed by atoms with E-state index in [1.165, 1.54) is 19.3 Å². The van der Waals surface area contributed by atoms with Gasteiger partial charge >= 0.3 is 0 Å². The van der Waals surface area contributed by atoms with Gasteiger partial charge in [0.25, 0.3) is 0 Å². The van der Waals surface area contributed by atoms with Crippen molar-refractivity contribution < 1.29 is 9.47 Å². The Morgan fingerprint density at radius 1 is 1.29 bits per heavy atom. The van der Waals surface area contributed by atoms with Gasteiger partial charge in [0.2, 0.25) is 0 Å². The molecule has 0 N–H and O–H groups in total. The summed E-state index contributed by atoms with van der Waals surface area (Å²) in [5.41, 5.74) is 0. The Bertz CT molecular complexity index is 193. The van der Waals surface area contributed by atoms with E-state index in [9.17, 15) is 0 Å². The molecule has 17 heavy (non-hydrogen) atoms. The summed E-state index contributed by atoms with van der Waals surface area (Å²) in [7, 11) is 0. The van der Waals surface area contributed by atoms with E-state index >= 15 is 0 Å². The number of ether oxygens (including phenoxy) is 2. The van der Waals surface area contributed by atoms with Crippen LogP contribution in [-0.4, -0.2) is 37.4 Å². The van der Waals surface area contributed by atoms with Gasteiger partial charge in [0.05, 0.1) is 13.2 Å². The van der Waals surface area contributed by atoms with E-state index in [0.29, 0.717) is 6.10 Å². The Labute approximate surface area is 111 Å². The highest BCUT2D eigenvalue weighted by Gasteiger charge is 2.23. The second kappa shape index (κ2) is 8.39. The number of hydrogen-bond acceptors (Lipinski definition) is 3. The molecule has 1 fully saturated rings. The van der Waals surface area contributed by atoms with Crippen molar-refractivity contribution in [1.82, 2.24) is 0 Å². The van der Waals surface area contributed by atoms with Gasteiger partial charge in [0, 0.05) is 11.9 Å². The van der Waals surface area contributed by atoms with Gasteiger partial charge in [-0.3, -0.25) is 0 Å². The summed E-state index contributed by atoms with van der Waals surface area (Å²) in [6.45, 7) is 9.53. The molecular formula is C14H28O2S. The highest BCUT2D eigenvalue weighted by Crippen LogP contribution is 2.23. The predicted molar refractivity (Wildman–Crippen MR) is 75.7 cm³/mol. The zero-order chi connectivity index (χ0) is 12.7. The number of rotatable bonds is 10. The van der Waals surface area contributed by atoms with Crippen molar-refractivity contribution in [2.24, 2.45) is 11.8 Å². The van der Waals surface area contributed by atoms with Crippen molar-refractivity contribution in [2.75, 3.05) is 26.1 Å². The quantitative estimate of drug-likeness (QED) is 0.560. The molecule has 1 aliphatic heterocycles. The first-order chi connectivity index (χ1) is 8.11. The van der Waals surface area contributed by atoms with Crippen LogP contribution in [0, 0.1) is 11.8 Å². The number of hydrogen-bond donors (Lipinski definition) is 0. The maximum absolute atomic E-state index is 5.76. The van der Waals surface area contributed by atoms with Crippen LogP contribution in [0.2, 0.25) is 0 Å². The second-order valence-electron chi connectivity index (χ2n) is 5.61. The van der Waals surface area contributed by atoms with Crippen LogP contribution in [0.25, 0.3) is 0 Å². The number of thioether (sulfide) groups is 1. The largest absolute Gasteiger partial charge is 0.378 e. The summed E-state index contributed by atoms with van der Waals surface area (Å²) in [6, 6.07) is 0. The molecular weight excluding hydrogens is 232 g/mol. The molecule has 3 unspecified atom stereocenters. The first-order valence-electron chi connectivity index (χ1n) is 6.84. The summed E-state index contributed by atoms with van der Waals surface area (Å²) in [5, 5.41) is 0.743. The van der Waals surface area contributed by atoms with Crippen LogP contribution in [0.5, 0.6) is 0 Å². The Kier molecular flexibility index (Phi) is 7.56. The lowest BCUT2D eigenvalue weighted by Gasteiger charge is -2.20. The van der Waals surface area contributed by atoms with Gasteiger partial charge in [-0.2, -0.15) is 11.8 Å². The smallest absolute Gasteiger partial charge is 0.104 e. The molecule has 3 heteroatoms. The van der Waals surface area contributed by atoms with E-state index in [2.05, 4.69) is 27.0 Å². The molecule has 1 aliphatic rings. The zero-order valence-corrected chi connectivity index (χ0v) is 12.6. The topological polar surface area (TPSA) is 21.8 Å². The van der Waals surface area contributed by atoms with E-state index in [-0.39, 0.29) is 0 Å². The third kappa shape index (κ3) is 8.06. The summed E-state index contributed by atoms with van der Waals surface area (Å²) >= 11 is 1.96. The van der Waals surface area contributed by atoms with Gasteiger partial charge in [-0.1, -0.05) is 27.2 Å². The minimum atomic E-state index is 0.402. The van der Waals surface area contributed by atoms with Crippen molar-refractivity contribution in [3.05, 3.63) is 0 Å². The minimum Gasteiger partial charge on any atom is -0.378 e. The normalized spacial score (nSPS) is 22.8. The first kappa shape index (κ1) is 15.3. The standard InChI is InChI=1S/C14H28O2S/c1-11(2)5-6-13(7-12(3)17-4)8-15-9-14-10-16-14/h11-14H,5-10H2,1-4H3. The molecule has 1 saturated heterocycles. The van der Waals surface area contributed by atoms with Crippen molar-refractivity contribution >= 4 is 11.8 Å². The van der Waals surface area contributed by atoms with Gasteiger partial charge in [0.1, 0.15) is 6.10 Å². The third-order valence-electron chi connectivity index (χ3n) is 3.28. The molecule has 0 amide bonds. The molecule has 0 aliphatic carbocycles. The Morgan fingerprint density at radius 3 is 2.53 bits per heavy atom. The van der Waals surface area contributed by atoms with Crippen molar-refractivity contribution in [2.45, 2.75) is 51.4 Å². The summed E-state index contributed by atoms with van der Waals surface area (Å²) in [4.78, 5) is 0. The van der Waals surface area contributed by atoms with E-state index in [0.717, 1.165) is 36.9 Å². The molecule has 0 bridgehead atoms. The van der Waals surface area contributed by atoms with Gasteiger partial charge in [-0.15, -0.1) is 0 Å². The zero-order valence-electron chi connectivity index (χ0n) is 11.8. The molecule has 1 heterocycles.